The van der Waals surface area contributed by atoms with Gasteiger partial charge in [0, 0.05) is 16.7 Å². The summed E-state index contributed by atoms with van der Waals surface area (Å²) in [6.45, 7) is 4.45. The molecule has 0 aliphatic heterocycles. The van der Waals surface area contributed by atoms with Crippen LogP contribution in [0.3, 0.4) is 0 Å². The lowest BCUT2D eigenvalue weighted by molar-refractivity contribution is 0.420. The molecular formula is C14H20BrN3S. The number of nitrogens with zero attached hydrogens (tertiary/aromatic N) is 2. The fraction of sp³-hybridized carbons (Fsp3) is 0.571. The van der Waals surface area contributed by atoms with E-state index in [0.717, 1.165) is 26.8 Å². The monoisotopic (exact) mass is 341 g/mol. The number of aromatic amines is 1. The number of hydrogen-bond donors (Lipinski definition) is 1. The molecule has 0 fully saturated rings. The van der Waals surface area contributed by atoms with Gasteiger partial charge in [0.15, 0.2) is 10.4 Å². The Bertz CT molecular complexity index is 602. The number of pyridine rings is 1. The van der Waals surface area contributed by atoms with E-state index >= 15 is 0 Å². The van der Waals surface area contributed by atoms with Gasteiger partial charge in [-0.15, -0.1) is 0 Å². The second kappa shape index (κ2) is 6.66. The Kier molecular flexibility index (Phi) is 5.16. The van der Waals surface area contributed by atoms with E-state index in [4.69, 9.17) is 12.2 Å². The van der Waals surface area contributed by atoms with Crippen LogP contribution in [0.25, 0.3) is 11.2 Å². The van der Waals surface area contributed by atoms with Gasteiger partial charge in [0.05, 0.1) is 5.52 Å². The number of aromatic nitrogens is 3. The van der Waals surface area contributed by atoms with Crippen molar-refractivity contribution in [2.24, 2.45) is 0 Å². The Hall–Kier alpha value is -0.680. The summed E-state index contributed by atoms with van der Waals surface area (Å²) in [4.78, 5) is 7.80. The van der Waals surface area contributed by atoms with Crippen molar-refractivity contribution in [3.8, 4) is 0 Å². The van der Waals surface area contributed by atoms with E-state index in [1.807, 2.05) is 12.3 Å². The molecule has 0 aliphatic rings. The topological polar surface area (TPSA) is 33.6 Å². The quantitative estimate of drug-likeness (QED) is 0.714. The number of nitrogens with one attached hydrogen (secondary N) is 1. The number of fused-ring (bicyclic) bond motifs is 1. The molecule has 0 amide bonds. The van der Waals surface area contributed by atoms with Gasteiger partial charge in [-0.3, -0.25) is 4.57 Å². The number of H-pyrrole nitrogens is 1. The van der Waals surface area contributed by atoms with E-state index in [1.165, 1.54) is 25.7 Å². The molecule has 19 heavy (non-hydrogen) atoms. The van der Waals surface area contributed by atoms with Crippen LogP contribution in [0.4, 0.5) is 0 Å². The number of hydrogen-bond acceptors (Lipinski definition) is 2. The summed E-state index contributed by atoms with van der Waals surface area (Å²) in [6, 6.07) is 2.50. The Morgan fingerprint density at radius 1 is 1.37 bits per heavy atom. The van der Waals surface area contributed by atoms with E-state index in [9.17, 15) is 0 Å². The van der Waals surface area contributed by atoms with Crippen molar-refractivity contribution < 1.29 is 0 Å². The highest BCUT2D eigenvalue weighted by Gasteiger charge is 2.15. The van der Waals surface area contributed by atoms with E-state index in [0.29, 0.717) is 6.04 Å². The average Bonchev–Trinajstić information content (AvgIpc) is 2.69. The van der Waals surface area contributed by atoms with Gasteiger partial charge >= 0.3 is 0 Å². The van der Waals surface area contributed by atoms with Crippen LogP contribution >= 0.6 is 28.1 Å². The molecular weight excluding hydrogens is 322 g/mol. The molecule has 0 aromatic carbocycles. The molecule has 2 aromatic heterocycles. The van der Waals surface area contributed by atoms with E-state index in [-0.39, 0.29) is 0 Å². The number of halogens is 1. The summed E-state index contributed by atoms with van der Waals surface area (Å²) in [5.74, 6) is 0. The van der Waals surface area contributed by atoms with Gasteiger partial charge in [-0.25, -0.2) is 4.98 Å². The molecule has 104 valence electrons. The van der Waals surface area contributed by atoms with E-state index in [2.05, 4.69) is 44.3 Å². The Labute approximate surface area is 127 Å². The molecule has 3 nitrogen and oxygen atoms in total. The fourth-order valence-corrected chi connectivity index (χ4v) is 3.18. The first kappa shape index (κ1) is 14.7. The SMILES string of the molecule is CCCCC(CCC)n1c(=S)[nH]c2cc(Br)cnc21. The van der Waals surface area contributed by atoms with Crippen molar-refractivity contribution in [3.63, 3.8) is 0 Å². The van der Waals surface area contributed by atoms with Crippen molar-refractivity contribution in [1.29, 1.82) is 0 Å². The molecule has 0 radical (unpaired) electrons. The first-order valence-electron chi connectivity index (χ1n) is 6.93. The van der Waals surface area contributed by atoms with Crippen molar-refractivity contribution in [2.75, 3.05) is 0 Å². The first-order valence-corrected chi connectivity index (χ1v) is 8.13. The Morgan fingerprint density at radius 3 is 2.84 bits per heavy atom. The van der Waals surface area contributed by atoms with Gasteiger partial charge < -0.3 is 4.98 Å². The molecule has 2 rings (SSSR count). The van der Waals surface area contributed by atoms with Crippen LogP contribution < -0.4 is 0 Å². The fourth-order valence-electron chi connectivity index (χ4n) is 2.50. The molecule has 1 atom stereocenters. The summed E-state index contributed by atoms with van der Waals surface area (Å²) >= 11 is 8.94. The molecule has 2 aromatic rings. The Morgan fingerprint density at radius 2 is 2.16 bits per heavy atom. The minimum absolute atomic E-state index is 0.458. The zero-order valence-corrected chi connectivity index (χ0v) is 13.9. The second-order valence-electron chi connectivity index (χ2n) is 4.91. The third-order valence-corrected chi connectivity index (χ3v) is 4.13. The van der Waals surface area contributed by atoms with Crippen LogP contribution in [0.5, 0.6) is 0 Å². The molecule has 1 unspecified atom stereocenters. The van der Waals surface area contributed by atoms with Crippen molar-refractivity contribution in [1.82, 2.24) is 14.5 Å². The highest BCUT2D eigenvalue weighted by molar-refractivity contribution is 9.10. The Balaban J connectivity index is 2.46. The van der Waals surface area contributed by atoms with Crippen molar-refractivity contribution in [2.45, 2.75) is 52.0 Å². The summed E-state index contributed by atoms with van der Waals surface area (Å²) < 4.78 is 3.97. The molecule has 0 saturated heterocycles. The van der Waals surface area contributed by atoms with Crippen molar-refractivity contribution >= 4 is 39.3 Å². The normalized spacial score (nSPS) is 13.0. The molecule has 0 bridgehead atoms. The maximum Gasteiger partial charge on any atom is 0.179 e. The highest BCUT2D eigenvalue weighted by Crippen LogP contribution is 2.26. The molecule has 1 N–H and O–H groups in total. The summed E-state index contributed by atoms with van der Waals surface area (Å²) in [5.41, 5.74) is 1.99. The predicted octanol–water partition coefficient (Wildman–Crippen LogP) is 5.39. The average molecular weight is 342 g/mol. The lowest BCUT2D eigenvalue weighted by atomic mass is 10.1. The minimum Gasteiger partial charge on any atom is -0.329 e. The number of rotatable bonds is 6. The van der Waals surface area contributed by atoms with Crippen LogP contribution in [0.15, 0.2) is 16.7 Å². The standard InChI is InChI=1S/C14H20BrN3S/c1-3-5-7-11(6-4-2)18-13-12(17-14(18)19)8-10(15)9-16-13/h8-9,11H,3-7H2,1-2H3,(H,17,19). The zero-order chi connectivity index (χ0) is 13.8. The molecule has 2 heterocycles. The second-order valence-corrected chi connectivity index (χ2v) is 6.21. The maximum atomic E-state index is 5.49. The van der Waals surface area contributed by atoms with Gasteiger partial charge in [-0.05, 0) is 47.1 Å². The summed E-state index contributed by atoms with van der Waals surface area (Å²) in [5, 5.41) is 0. The first-order chi connectivity index (χ1) is 9.17. The van der Waals surface area contributed by atoms with Crippen LogP contribution in [-0.4, -0.2) is 14.5 Å². The van der Waals surface area contributed by atoms with Gasteiger partial charge in [0.2, 0.25) is 0 Å². The van der Waals surface area contributed by atoms with Crippen molar-refractivity contribution in [3.05, 3.63) is 21.5 Å². The lowest BCUT2D eigenvalue weighted by Crippen LogP contribution is -2.09. The zero-order valence-electron chi connectivity index (χ0n) is 11.4. The van der Waals surface area contributed by atoms with Crippen LogP contribution in [0.1, 0.15) is 52.0 Å². The molecule has 0 saturated carbocycles. The van der Waals surface area contributed by atoms with Gasteiger partial charge in [-0.2, -0.15) is 0 Å². The highest BCUT2D eigenvalue weighted by atomic mass is 79.9. The van der Waals surface area contributed by atoms with Gasteiger partial charge in [0.25, 0.3) is 0 Å². The van der Waals surface area contributed by atoms with Crippen LogP contribution in [0, 0.1) is 4.77 Å². The maximum absolute atomic E-state index is 5.49. The van der Waals surface area contributed by atoms with E-state index < -0.39 is 0 Å². The smallest absolute Gasteiger partial charge is 0.179 e. The number of imidazole rings is 1. The third-order valence-electron chi connectivity index (χ3n) is 3.40. The summed E-state index contributed by atoms with van der Waals surface area (Å²) in [6.07, 6.45) is 7.77. The van der Waals surface area contributed by atoms with E-state index in [1.54, 1.807) is 0 Å². The van der Waals surface area contributed by atoms with Gasteiger partial charge in [0.1, 0.15) is 0 Å². The molecule has 5 heteroatoms. The molecule has 0 aliphatic carbocycles. The van der Waals surface area contributed by atoms with Crippen LogP contribution in [-0.2, 0) is 0 Å². The predicted molar refractivity (Wildman–Crippen MR) is 86.1 cm³/mol. The minimum atomic E-state index is 0.458. The lowest BCUT2D eigenvalue weighted by Gasteiger charge is -2.18. The number of unbranched alkanes of at least 4 members (excludes halogenated alkanes) is 1. The van der Waals surface area contributed by atoms with Gasteiger partial charge in [-0.1, -0.05) is 33.1 Å². The third kappa shape index (κ3) is 3.26. The summed E-state index contributed by atoms with van der Waals surface area (Å²) in [7, 11) is 0. The van der Waals surface area contributed by atoms with Crippen LogP contribution in [0.2, 0.25) is 0 Å². The molecule has 0 spiro atoms. The largest absolute Gasteiger partial charge is 0.329 e.